The lowest BCUT2D eigenvalue weighted by Crippen LogP contribution is -2.39. The van der Waals surface area contributed by atoms with E-state index in [1.165, 1.54) is 28.8 Å². The van der Waals surface area contributed by atoms with Gasteiger partial charge in [-0.1, -0.05) is 53.8 Å². The predicted octanol–water partition coefficient (Wildman–Crippen LogP) is 2.41. The van der Waals surface area contributed by atoms with E-state index in [0.717, 1.165) is 11.3 Å². The Morgan fingerprint density at radius 1 is 1.27 bits per heavy atom. The summed E-state index contributed by atoms with van der Waals surface area (Å²) < 4.78 is 6.87. The fraction of sp³-hybridized carbons (Fsp3) is 0.174. The Kier molecular flexibility index (Phi) is 5.93. The van der Waals surface area contributed by atoms with Gasteiger partial charge in [0.1, 0.15) is 0 Å². The number of esters is 1. The van der Waals surface area contributed by atoms with Crippen LogP contribution < -0.4 is 14.9 Å². The molecule has 1 aliphatic heterocycles. The Bertz CT molecular complexity index is 1470. The third kappa shape index (κ3) is 3.96. The van der Waals surface area contributed by atoms with Crippen LogP contribution in [0, 0.1) is 10.1 Å². The lowest BCUT2D eigenvalue weighted by atomic mass is 9.96. The van der Waals surface area contributed by atoms with Gasteiger partial charge in [0, 0.05) is 11.6 Å². The molecule has 0 radical (unpaired) electrons. The largest absolute Gasteiger partial charge is 0.502 e. The molecule has 0 fully saturated rings. The van der Waals surface area contributed by atoms with Gasteiger partial charge < -0.3 is 9.84 Å². The first-order chi connectivity index (χ1) is 15.8. The summed E-state index contributed by atoms with van der Waals surface area (Å²) in [6, 6.07) is 12.4. The van der Waals surface area contributed by atoms with Crippen molar-refractivity contribution in [2.75, 3.05) is 6.61 Å². The Morgan fingerprint density at radius 3 is 2.67 bits per heavy atom. The van der Waals surface area contributed by atoms with E-state index in [1.54, 1.807) is 13.8 Å². The number of allylic oxidation sites excluding steroid dienone is 1. The molecule has 0 aliphatic carbocycles. The third-order valence-corrected chi connectivity index (χ3v) is 6.14. The third-order valence-electron chi connectivity index (χ3n) is 5.16. The number of fused-ring (bicyclic) bond motifs is 1. The van der Waals surface area contributed by atoms with Gasteiger partial charge in [-0.2, -0.15) is 0 Å². The maximum atomic E-state index is 13.5. The number of hydrogen-bond donors (Lipinski definition) is 1. The standard InChI is InChI=1S/C23H19N3O6S/c1-3-32-22(29)18-13(2)24-23-25(19(18)14-8-5-4-6-9-14)21(28)17(33-23)12-15-10-7-11-16(20(15)27)26(30)31/h4-12,19,27H,3H2,1-2H3/t19-/m1/s1. The van der Waals surface area contributed by atoms with Gasteiger partial charge in [0.25, 0.3) is 5.56 Å². The highest BCUT2D eigenvalue weighted by atomic mass is 32.1. The molecule has 0 bridgehead atoms. The van der Waals surface area contributed by atoms with Crippen LogP contribution in [0.5, 0.6) is 5.75 Å². The summed E-state index contributed by atoms with van der Waals surface area (Å²) in [6.07, 6.45) is 1.39. The van der Waals surface area contributed by atoms with Crippen LogP contribution in [0.15, 0.2) is 69.6 Å². The molecule has 1 aliphatic rings. The Labute approximate surface area is 191 Å². The summed E-state index contributed by atoms with van der Waals surface area (Å²) in [5.74, 6) is -1.09. The number of aromatic nitrogens is 1. The number of nitrogens with zero attached hydrogens (tertiary/aromatic N) is 3. The molecule has 2 heterocycles. The van der Waals surface area contributed by atoms with Crippen molar-refractivity contribution < 1.29 is 19.6 Å². The van der Waals surface area contributed by atoms with E-state index >= 15 is 0 Å². The van der Waals surface area contributed by atoms with E-state index in [9.17, 15) is 24.8 Å². The number of ether oxygens (including phenoxy) is 1. The number of para-hydroxylation sites is 1. The van der Waals surface area contributed by atoms with Crippen molar-refractivity contribution >= 4 is 29.1 Å². The first kappa shape index (κ1) is 22.2. The Hall–Kier alpha value is -4.05. The van der Waals surface area contributed by atoms with Crippen molar-refractivity contribution in [2.24, 2.45) is 4.99 Å². The minimum Gasteiger partial charge on any atom is -0.502 e. The van der Waals surface area contributed by atoms with E-state index in [2.05, 4.69) is 4.99 Å². The molecule has 2 aromatic carbocycles. The van der Waals surface area contributed by atoms with Crippen LogP contribution in [0.1, 0.15) is 31.0 Å². The number of carbonyl (C=O) groups excluding carboxylic acids is 1. The number of rotatable bonds is 5. The maximum absolute atomic E-state index is 13.5. The molecule has 9 nitrogen and oxygen atoms in total. The Balaban J connectivity index is 1.96. The topological polar surface area (TPSA) is 124 Å². The van der Waals surface area contributed by atoms with E-state index in [4.69, 9.17) is 4.74 Å². The monoisotopic (exact) mass is 465 g/mol. The quantitative estimate of drug-likeness (QED) is 0.351. The number of phenolic OH excluding ortho intramolecular Hbond substituents is 1. The number of benzene rings is 2. The van der Waals surface area contributed by atoms with Gasteiger partial charge in [0.2, 0.25) is 5.75 Å². The minimum absolute atomic E-state index is 0.132. The molecule has 33 heavy (non-hydrogen) atoms. The van der Waals surface area contributed by atoms with Gasteiger partial charge in [0.15, 0.2) is 4.80 Å². The molecule has 10 heteroatoms. The molecule has 3 aromatic rings. The second kappa shape index (κ2) is 8.83. The van der Waals surface area contributed by atoms with Gasteiger partial charge >= 0.3 is 11.7 Å². The first-order valence-corrected chi connectivity index (χ1v) is 10.9. The van der Waals surface area contributed by atoms with Crippen LogP contribution in [0.3, 0.4) is 0 Å². The molecular formula is C23H19N3O6S. The molecule has 1 atom stereocenters. The van der Waals surface area contributed by atoms with Gasteiger partial charge in [-0.15, -0.1) is 0 Å². The lowest BCUT2D eigenvalue weighted by Gasteiger charge is -2.24. The van der Waals surface area contributed by atoms with Crippen LogP contribution in [0.4, 0.5) is 5.69 Å². The normalized spacial score (nSPS) is 15.7. The van der Waals surface area contributed by atoms with Gasteiger partial charge in [0.05, 0.1) is 33.4 Å². The van der Waals surface area contributed by atoms with Crippen molar-refractivity contribution in [3.8, 4) is 5.75 Å². The summed E-state index contributed by atoms with van der Waals surface area (Å²) in [5, 5.41) is 21.4. The van der Waals surface area contributed by atoms with Crippen LogP contribution in [-0.2, 0) is 9.53 Å². The molecule has 168 valence electrons. The average Bonchev–Trinajstić information content (AvgIpc) is 3.09. The summed E-state index contributed by atoms with van der Waals surface area (Å²) in [7, 11) is 0. The van der Waals surface area contributed by atoms with E-state index in [1.807, 2.05) is 30.3 Å². The van der Waals surface area contributed by atoms with Crippen molar-refractivity contribution in [2.45, 2.75) is 19.9 Å². The summed E-state index contributed by atoms with van der Waals surface area (Å²) in [5.41, 5.74) is 0.646. The number of nitro benzene ring substituents is 1. The van der Waals surface area contributed by atoms with Crippen LogP contribution in [-0.4, -0.2) is 27.2 Å². The maximum Gasteiger partial charge on any atom is 0.338 e. The zero-order valence-corrected chi connectivity index (χ0v) is 18.5. The molecule has 1 aromatic heterocycles. The molecule has 0 unspecified atom stereocenters. The molecular weight excluding hydrogens is 446 g/mol. The van der Waals surface area contributed by atoms with Crippen molar-refractivity contribution in [3.63, 3.8) is 0 Å². The van der Waals surface area contributed by atoms with Gasteiger partial charge in [-0.25, -0.2) is 9.79 Å². The zero-order chi connectivity index (χ0) is 23.7. The Morgan fingerprint density at radius 2 is 2.00 bits per heavy atom. The second-order valence-corrected chi connectivity index (χ2v) is 8.19. The number of thiazole rings is 1. The summed E-state index contributed by atoms with van der Waals surface area (Å²) in [6.45, 7) is 3.56. The van der Waals surface area contributed by atoms with Gasteiger partial charge in [-0.3, -0.25) is 19.5 Å². The second-order valence-electron chi connectivity index (χ2n) is 7.19. The van der Waals surface area contributed by atoms with Crippen LogP contribution in [0.2, 0.25) is 0 Å². The number of phenols is 1. The van der Waals surface area contributed by atoms with Crippen molar-refractivity contribution in [3.05, 3.63) is 101 Å². The molecule has 4 rings (SSSR count). The molecule has 1 N–H and O–H groups in total. The highest BCUT2D eigenvalue weighted by Crippen LogP contribution is 2.31. The highest BCUT2D eigenvalue weighted by molar-refractivity contribution is 7.07. The average molecular weight is 465 g/mol. The highest BCUT2D eigenvalue weighted by Gasteiger charge is 2.33. The first-order valence-electron chi connectivity index (χ1n) is 10.0. The van der Waals surface area contributed by atoms with Crippen LogP contribution >= 0.6 is 11.3 Å². The van der Waals surface area contributed by atoms with E-state index < -0.39 is 33.9 Å². The predicted molar refractivity (Wildman–Crippen MR) is 122 cm³/mol. The molecule has 0 saturated carbocycles. The lowest BCUT2D eigenvalue weighted by molar-refractivity contribution is -0.385. The van der Waals surface area contributed by atoms with Gasteiger partial charge in [-0.05, 0) is 25.5 Å². The summed E-state index contributed by atoms with van der Waals surface area (Å²) >= 11 is 1.07. The number of aromatic hydroxyl groups is 1. The zero-order valence-electron chi connectivity index (χ0n) is 17.7. The molecule has 0 amide bonds. The van der Waals surface area contributed by atoms with E-state index in [0.29, 0.717) is 16.1 Å². The SMILES string of the molecule is CCOC(=O)C1=C(C)N=c2sc(=Cc3cccc([N+](=O)[O-])c3O)c(=O)n2[C@@H]1c1ccccc1. The van der Waals surface area contributed by atoms with Crippen molar-refractivity contribution in [1.29, 1.82) is 0 Å². The number of nitro groups is 1. The van der Waals surface area contributed by atoms with Crippen molar-refractivity contribution in [1.82, 2.24) is 4.57 Å². The molecule has 0 spiro atoms. The van der Waals surface area contributed by atoms with E-state index in [-0.39, 0.29) is 22.3 Å². The number of carbonyl (C=O) groups is 1. The fourth-order valence-electron chi connectivity index (χ4n) is 3.70. The molecule has 0 saturated heterocycles. The smallest absolute Gasteiger partial charge is 0.338 e. The summed E-state index contributed by atoms with van der Waals surface area (Å²) in [4.78, 5) is 41.5. The minimum atomic E-state index is -0.748. The fourth-order valence-corrected chi connectivity index (χ4v) is 4.73. The number of hydrogen-bond acceptors (Lipinski definition) is 8. The van der Waals surface area contributed by atoms with Crippen LogP contribution in [0.25, 0.3) is 6.08 Å².